The van der Waals surface area contributed by atoms with Crippen LogP contribution in [-0.4, -0.2) is 56.8 Å². The zero-order valence-corrected chi connectivity index (χ0v) is 15.1. The van der Waals surface area contributed by atoms with Crippen molar-refractivity contribution in [3.8, 4) is 17.0 Å². The van der Waals surface area contributed by atoms with Crippen molar-refractivity contribution in [2.45, 2.75) is 19.9 Å². The summed E-state index contributed by atoms with van der Waals surface area (Å²) in [6.07, 6.45) is 0. The van der Waals surface area contributed by atoms with Gasteiger partial charge >= 0.3 is 0 Å². The molecule has 140 valence electrons. The van der Waals surface area contributed by atoms with Crippen molar-refractivity contribution in [1.29, 1.82) is 0 Å². The molecule has 0 bridgehead atoms. The molecule has 1 aliphatic heterocycles. The van der Waals surface area contributed by atoms with Gasteiger partial charge in [-0.05, 0) is 32.0 Å². The molecule has 4 rings (SSSR count). The molecule has 27 heavy (non-hydrogen) atoms. The van der Waals surface area contributed by atoms with Crippen LogP contribution in [0.3, 0.4) is 0 Å². The number of carbonyl (C=O) groups is 1. The van der Waals surface area contributed by atoms with E-state index in [1.165, 1.54) is 12.1 Å². The van der Waals surface area contributed by atoms with Crippen molar-refractivity contribution >= 4 is 16.9 Å². The van der Waals surface area contributed by atoms with Crippen LogP contribution in [0, 0.1) is 12.7 Å². The molecule has 3 aromatic rings. The van der Waals surface area contributed by atoms with Crippen LogP contribution in [0.15, 0.2) is 24.3 Å². The van der Waals surface area contributed by atoms with E-state index in [2.05, 4.69) is 20.5 Å². The first-order valence-electron chi connectivity index (χ1n) is 8.81. The van der Waals surface area contributed by atoms with E-state index in [-0.39, 0.29) is 23.3 Å². The summed E-state index contributed by atoms with van der Waals surface area (Å²) in [6, 6.07) is 5.67. The highest BCUT2D eigenvalue weighted by Crippen LogP contribution is 2.29. The maximum atomic E-state index is 14.3. The zero-order chi connectivity index (χ0) is 19.1. The predicted octanol–water partition coefficient (Wildman–Crippen LogP) is 2.21. The summed E-state index contributed by atoms with van der Waals surface area (Å²) < 4.78 is 14.3. The van der Waals surface area contributed by atoms with Gasteiger partial charge in [-0.25, -0.2) is 9.37 Å². The Balaban J connectivity index is 1.85. The van der Waals surface area contributed by atoms with Gasteiger partial charge in [-0.1, -0.05) is 0 Å². The number of amides is 1. The minimum absolute atomic E-state index is 0.124. The summed E-state index contributed by atoms with van der Waals surface area (Å²) >= 11 is 0. The van der Waals surface area contributed by atoms with Crippen molar-refractivity contribution in [2.24, 2.45) is 0 Å². The lowest BCUT2D eigenvalue weighted by Gasteiger charge is -2.32. The van der Waals surface area contributed by atoms with Crippen LogP contribution in [0.4, 0.5) is 4.39 Å². The summed E-state index contributed by atoms with van der Waals surface area (Å²) in [7, 11) is 0. The van der Waals surface area contributed by atoms with E-state index in [0.717, 1.165) is 18.3 Å². The van der Waals surface area contributed by atoms with E-state index in [1.54, 1.807) is 11.0 Å². The Kier molecular flexibility index (Phi) is 4.27. The van der Waals surface area contributed by atoms with Gasteiger partial charge in [-0.2, -0.15) is 5.10 Å². The fourth-order valence-corrected chi connectivity index (χ4v) is 3.48. The van der Waals surface area contributed by atoms with Crippen LogP contribution in [0.2, 0.25) is 0 Å². The molecule has 3 heterocycles. The number of halogens is 1. The molecule has 1 atom stereocenters. The molecule has 0 saturated carbocycles. The highest BCUT2D eigenvalue weighted by molar-refractivity contribution is 6.07. The third-order valence-electron chi connectivity index (χ3n) is 4.82. The second kappa shape index (κ2) is 6.62. The number of benzene rings is 1. The number of fused-ring (bicyclic) bond motifs is 1. The first-order chi connectivity index (χ1) is 12.9. The number of piperazine rings is 1. The Bertz CT molecular complexity index is 1030. The van der Waals surface area contributed by atoms with Crippen molar-refractivity contribution in [2.75, 3.05) is 19.6 Å². The number of aromatic hydroxyl groups is 1. The Labute approximate surface area is 155 Å². The van der Waals surface area contributed by atoms with Crippen LogP contribution in [0.5, 0.6) is 5.75 Å². The molecule has 0 aliphatic carbocycles. The molecule has 8 heteroatoms. The van der Waals surface area contributed by atoms with Gasteiger partial charge in [-0.3, -0.25) is 9.89 Å². The number of nitrogens with zero attached hydrogens (tertiary/aromatic N) is 3. The number of H-pyrrole nitrogens is 1. The standard InChI is InChI=1S/C19H20FN5O2/c1-10-9-25(6-5-21-10)19(27)14-8-16(13-4-3-12(26)7-15(13)20)22-18-17(14)11(2)23-24-18/h3-4,7-8,10,21,26H,5-6,9H2,1-2H3,(H,22,23,24)/t10-/m1/s1. The molecule has 1 aliphatic rings. The number of aromatic amines is 1. The minimum Gasteiger partial charge on any atom is -0.508 e. The van der Waals surface area contributed by atoms with E-state index < -0.39 is 5.82 Å². The van der Waals surface area contributed by atoms with E-state index in [9.17, 15) is 14.3 Å². The van der Waals surface area contributed by atoms with Crippen molar-refractivity contribution < 1.29 is 14.3 Å². The zero-order valence-electron chi connectivity index (χ0n) is 15.1. The first kappa shape index (κ1) is 17.4. The fraction of sp³-hybridized carbons (Fsp3) is 0.316. The molecule has 0 radical (unpaired) electrons. The Morgan fingerprint density at radius 3 is 2.93 bits per heavy atom. The molecule has 3 N–H and O–H groups in total. The largest absolute Gasteiger partial charge is 0.508 e. The van der Waals surface area contributed by atoms with Gasteiger partial charge in [0.2, 0.25) is 0 Å². The normalized spacial score (nSPS) is 17.4. The summed E-state index contributed by atoms with van der Waals surface area (Å²) in [4.78, 5) is 19.4. The number of carbonyl (C=O) groups excluding carboxylic acids is 1. The number of pyridine rings is 1. The van der Waals surface area contributed by atoms with Gasteiger partial charge < -0.3 is 15.3 Å². The van der Waals surface area contributed by atoms with E-state index in [0.29, 0.717) is 35.4 Å². The first-order valence-corrected chi connectivity index (χ1v) is 8.81. The van der Waals surface area contributed by atoms with Gasteiger partial charge in [0.25, 0.3) is 5.91 Å². The lowest BCUT2D eigenvalue weighted by molar-refractivity contribution is 0.0711. The number of hydrogen-bond acceptors (Lipinski definition) is 5. The molecule has 1 saturated heterocycles. The lowest BCUT2D eigenvalue weighted by atomic mass is 10.0. The molecule has 1 amide bonds. The number of rotatable bonds is 2. The number of aromatic nitrogens is 3. The Morgan fingerprint density at radius 2 is 2.19 bits per heavy atom. The highest BCUT2D eigenvalue weighted by Gasteiger charge is 2.26. The SMILES string of the molecule is Cc1[nH]nc2nc(-c3ccc(O)cc3F)cc(C(=O)N3CCN[C@H](C)C3)c12. The van der Waals surface area contributed by atoms with Crippen molar-refractivity contribution in [1.82, 2.24) is 25.4 Å². The second-order valence-electron chi connectivity index (χ2n) is 6.87. The maximum Gasteiger partial charge on any atom is 0.254 e. The summed E-state index contributed by atoms with van der Waals surface area (Å²) in [6.45, 7) is 5.79. The van der Waals surface area contributed by atoms with E-state index in [4.69, 9.17) is 0 Å². The molecule has 2 aromatic heterocycles. The molecular formula is C19H20FN5O2. The molecular weight excluding hydrogens is 349 g/mol. The third-order valence-corrected chi connectivity index (χ3v) is 4.82. The van der Waals surface area contributed by atoms with Crippen molar-refractivity contribution in [3.05, 3.63) is 41.3 Å². The smallest absolute Gasteiger partial charge is 0.254 e. The van der Waals surface area contributed by atoms with Crippen LogP contribution in [0.25, 0.3) is 22.3 Å². The minimum atomic E-state index is -0.608. The van der Waals surface area contributed by atoms with Crippen LogP contribution in [-0.2, 0) is 0 Å². The fourth-order valence-electron chi connectivity index (χ4n) is 3.48. The van der Waals surface area contributed by atoms with Gasteiger partial charge in [-0.15, -0.1) is 0 Å². The average Bonchev–Trinajstić information content (AvgIpc) is 3.01. The van der Waals surface area contributed by atoms with Crippen molar-refractivity contribution in [3.63, 3.8) is 0 Å². The van der Waals surface area contributed by atoms with E-state index >= 15 is 0 Å². The number of nitrogens with one attached hydrogen (secondary N) is 2. The summed E-state index contributed by atoms with van der Waals surface area (Å²) in [5.41, 5.74) is 2.06. The quantitative estimate of drug-likeness (QED) is 0.644. The number of phenols is 1. The average molecular weight is 369 g/mol. The van der Waals surface area contributed by atoms with Gasteiger partial charge in [0.05, 0.1) is 16.6 Å². The third kappa shape index (κ3) is 3.12. The Morgan fingerprint density at radius 1 is 1.37 bits per heavy atom. The number of phenolic OH excluding ortho intramolecular Hbond substituents is 1. The van der Waals surface area contributed by atoms with Gasteiger partial charge in [0.1, 0.15) is 11.6 Å². The van der Waals surface area contributed by atoms with Gasteiger partial charge in [0.15, 0.2) is 5.65 Å². The van der Waals surface area contributed by atoms with Crippen LogP contribution < -0.4 is 5.32 Å². The molecule has 0 unspecified atom stereocenters. The van der Waals surface area contributed by atoms with Crippen LogP contribution >= 0.6 is 0 Å². The van der Waals surface area contributed by atoms with Gasteiger partial charge in [0, 0.05) is 43.0 Å². The Hall–Kier alpha value is -3.00. The lowest BCUT2D eigenvalue weighted by Crippen LogP contribution is -2.51. The van der Waals surface area contributed by atoms with E-state index in [1.807, 2.05) is 13.8 Å². The van der Waals surface area contributed by atoms with Crippen LogP contribution in [0.1, 0.15) is 23.0 Å². The summed E-state index contributed by atoms with van der Waals surface area (Å²) in [5, 5.41) is 20.4. The molecule has 7 nitrogen and oxygen atoms in total. The maximum absolute atomic E-state index is 14.3. The molecule has 0 spiro atoms. The highest BCUT2D eigenvalue weighted by atomic mass is 19.1. The monoisotopic (exact) mass is 369 g/mol. The topological polar surface area (TPSA) is 94.1 Å². The summed E-state index contributed by atoms with van der Waals surface area (Å²) in [5.74, 6) is -0.900. The number of hydrogen-bond donors (Lipinski definition) is 3. The second-order valence-corrected chi connectivity index (χ2v) is 6.87. The molecule has 1 fully saturated rings. The molecule has 1 aromatic carbocycles. The number of aryl methyl sites for hydroxylation is 1. The predicted molar refractivity (Wildman–Crippen MR) is 99.1 cm³/mol.